The number of amides is 3. The summed E-state index contributed by atoms with van der Waals surface area (Å²) in [4.78, 5) is 73.2. The second-order valence-corrected chi connectivity index (χ2v) is 24.8. The fourth-order valence-electron chi connectivity index (χ4n) is 10.1. The van der Waals surface area contributed by atoms with Gasteiger partial charge in [-0.25, -0.2) is 13.6 Å². The molecule has 3 saturated heterocycles. The molecular weight excluding hydrogens is 1260 g/mol. The topological polar surface area (TPSA) is 190 Å². The number of halogens is 3. The van der Waals surface area contributed by atoms with E-state index >= 15 is 8.78 Å². The second-order valence-electron chi connectivity index (χ2n) is 23.4. The van der Waals surface area contributed by atoms with E-state index in [0.29, 0.717) is 70.8 Å². The van der Waals surface area contributed by atoms with E-state index in [-0.39, 0.29) is 83.3 Å². The number of anilines is 3. The summed E-state index contributed by atoms with van der Waals surface area (Å²) < 4.78 is 56.4. The molecule has 3 aromatic carbocycles. The van der Waals surface area contributed by atoms with Crippen LogP contribution >= 0.6 is 22.9 Å². The average Bonchev–Trinajstić information content (AvgIpc) is 4.11. The number of hydrogen-bond donors (Lipinski definition) is 2. The zero-order chi connectivity index (χ0) is 59.8. The Morgan fingerprint density at radius 1 is 0.988 bits per heavy atom. The Balaban J connectivity index is 0.000000253. The number of nitrogens with one attached hydrogen (secondary N) is 2. The van der Waals surface area contributed by atoms with Crippen LogP contribution in [0.25, 0.3) is 15.8 Å². The van der Waals surface area contributed by atoms with E-state index < -0.39 is 41.6 Å². The molecule has 3 unspecified atom stereocenters. The number of ketones is 1. The molecule has 3 fully saturated rings. The number of ether oxygens (including phenoxy) is 3. The Morgan fingerprint density at radius 2 is 1.70 bits per heavy atom. The molecule has 21 heteroatoms. The van der Waals surface area contributed by atoms with Gasteiger partial charge in [0.15, 0.2) is 16.4 Å². The standard InChI is InChI=1S/C30H40ClN2O5S.C30H34F2N5O3.O.Os/c1-28(2,3)37-18-22(34)17-36-24-23(31)25(39-26(24)27(35)38-29(4,5)6)20-10-9-11-21(14-20)32-16-19-12-13-33-30(7,8)15-19;1-18(2)36-20(4)37(25-10-11-27(38)34-29(25)40)24-9-8-21(15-26(24)36)23-12-13-35(17-30(23,31)32)16-28(39)33-22-7-5-6-19(3)14-22;;/h9-11,14,16,19H,12-13,15,17-18H2,1-8H3;5-9,14-15,18,23,25H,3-4,10-13,16-17H2,1-2H3,(H,33,39)(H,34,38,40);;/q2*-1;;. The van der Waals surface area contributed by atoms with Crippen LogP contribution in [0.5, 0.6) is 5.75 Å². The van der Waals surface area contributed by atoms with Crippen LogP contribution in [0.1, 0.15) is 128 Å². The first-order valence-corrected chi connectivity index (χ1v) is 29.1. The first-order valence-electron chi connectivity index (χ1n) is 26.9. The molecule has 1 aromatic heterocycles. The molecule has 2 N–H and O–H groups in total. The molecule has 16 nitrogen and oxygen atoms in total. The van der Waals surface area contributed by atoms with Crippen molar-refractivity contribution in [3.63, 3.8) is 0 Å². The van der Waals surface area contributed by atoms with Crippen LogP contribution in [-0.2, 0) is 50.7 Å². The van der Waals surface area contributed by atoms with Gasteiger partial charge in [-0.2, -0.15) is 18.6 Å². The number of benzene rings is 3. The molecule has 3 atom stereocenters. The molecule has 8 rings (SSSR count). The van der Waals surface area contributed by atoms with Crippen molar-refractivity contribution in [3.05, 3.63) is 112 Å². The van der Waals surface area contributed by atoms with E-state index in [1.165, 1.54) is 16.2 Å². The Bertz CT molecular complexity index is 2990. The number of alkyl halides is 2. The van der Waals surface area contributed by atoms with Gasteiger partial charge in [-0.05, 0) is 122 Å². The Kier molecular flexibility index (Phi) is 21.6. The van der Waals surface area contributed by atoms with Crippen LogP contribution in [0.2, 0.25) is 5.02 Å². The van der Waals surface area contributed by atoms with Crippen molar-refractivity contribution in [1.29, 1.82) is 0 Å². The maximum atomic E-state index is 15.6. The molecule has 0 bridgehead atoms. The van der Waals surface area contributed by atoms with Crippen molar-refractivity contribution in [2.24, 2.45) is 10.9 Å². The minimum absolute atomic E-state index is 0.0317. The molecule has 440 valence electrons. The number of thiophene rings is 1. The van der Waals surface area contributed by atoms with Gasteiger partial charge in [0.25, 0.3) is 5.92 Å². The summed E-state index contributed by atoms with van der Waals surface area (Å²) in [5.41, 5.74) is 3.64. The summed E-state index contributed by atoms with van der Waals surface area (Å²) in [6.07, 6.45) is 4.72. The minimum atomic E-state index is -3.05. The fourth-order valence-corrected chi connectivity index (χ4v) is 11.5. The van der Waals surface area contributed by atoms with Crippen LogP contribution in [0.3, 0.4) is 0 Å². The number of rotatable bonds is 15. The number of fused-ring (bicyclic) bond motifs is 1. The third-order valence-electron chi connectivity index (χ3n) is 13.6. The van der Waals surface area contributed by atoms with Crippen molar-refractivity contribution in [2.75, 3.05) is 54.5 Å². The molecule has 3 amide bonds. The Morgan fingerprint density at radius 3 is 2.35 bits per heavy atom. The molecule has 0 aliphatic carbocycles. The average molecular weight is 1330 g/mol. The van der Waals surface area contributed by atoms with Gasteiger partial charge in [-0.1, -0.05) is 69.1 Å². The Hall–Kier alpha value is -5.74. The summed E-state index contributed by atoms with van der Waals surface area (Å²) in [6, 6.07) is 19.3. The molecule has 0 radical (unpaired) electrons. The van der Waals surface area contributed by atoms with E-state index in [0.717, 1.165) is 36.2 Å². The number of nitrogens with zero attached hydrogens (tertiary/aromatic N) is 5. The van der Waals surface area contributed by atoms with Crippen LogP contribution in [0.15, 0.2) is 84.1 Å². The quantitative estimate of drug-likeness (QED) is 0.0496. The first kappa shape index (κ1) is 64.4. The van der Waals surface area contributed by atoms with E-state index in [1.54, 1.807) is 57.2 Å². The van der Waals surface area contributed by atoms with Crippen molar-refractivity contribution < 1.29 is 69.1 Å². The van der Waals surface area contributed by atoms with Crippen molar-refractivity contribution in [3.8, 4) is 16.2 Å². The zero-order valence-corrected chi connectivity index (χ0v) is 51.8. The molecule has 4 aromatic rings. The number of likely N-dealkylation sites (tertiary alicyclic amines) is 1. The third kappa shape index (κ3) is 17.4. The molecule has 81 heavy (non-hydrogen) atoms. The van der Waals surface area contributed by atoms with Crippen molar-refractivity contribution >= 4 is 81.4 Å². The fraction of sp³-hybridized carbons (Fsp3) is 0.483. The Labute approximate surface area is 493 Å². The van der Waals surface area contributed by atoms with E-state index in [9.17, 15) is 24.0 Å². The molecular formula is C60H74ClF2N7O9OsS-2. The van der Waals surface area contributed by atoms with E-state index in [1.807, 2.05) is 81.0 Å². The number of carbonyl (C=O) groups excluding carboxylic acids is 5. The van der Waals surface area contributed by atoms with Gasteiger partial charge in [0.2, 0.25) is 17.7 Å². The zero-order valence-electron chi connectivity index (χ0n) is 47.7. The number of imide groups is 1. The summed E-state index contributed by atoms with van der Waals surface area (Å²) in [5, 5.41) is 10.1. The van der Waals surface area contributed by atoms with Crippen molar-refractivity contribution in [1.82, 2.24) is 10.2 Å². The number of carbonyl (C=O) groups is 5. The van der Waals surface area contributed by atoms with Gasteiger partial charge in [-0.3, -0.25) is 34.4 Å². The van der Waals surface area contributed by atoms with Gasteiger partial charge >= 0.3 is 28.1 Å². The summed E-state index contributed by atoms with van der Waals surface area (Å²) in [6.45, 7) is 27.4. The molecule has 5 heterocycles. The number of esters is 1. The maximum absolute atomic E-state index is 15.6. The van der Waals surface area contributed by atoms with Gasteiger partial charge < -0.3 is 34.6 Å². The molecule has 0 saturated carbocycles. The van der Waals surface area contributed by atoms with E-state index in [2.05, 4.69) is 43.3 Å². The molecule has 4 aliphatic heterocycles. The van der Waals surface area contributed by atoms with Crippen LogP contribution in [0, 0.1) is 12.8 Å². The van der Waals surface area contributed by atoms with Crippen molar-refractivity contribution in [2.45, 2.75) is 142 Å². The SMILES string of the molecule is C=C1N(C(C)C)c2cc(C3CCN(CC(=O)Nc4cccc([CH2-])c4)CC3(F)F)ccc2N1C1CCC(=O)NC1=O.CC1(C)CC(C=Nc2cccc(-c3sc(C(=O)OC(C)(C)C)c(OCC(=O)COC(C)(C)C)c3Cl)c2)CC[N-]1.[O]=[Os]. The first-order chi connectivity index (χ1) is 38.0. The number of piperidine rings is 3. The summed E-state index contributed by atoms with van der Waals surface area (Å²) in [7, 11) is 0. The van der Waals surface area contributed by atoms with Gasteiger partial charge in [0.1, 0.15) is 35.7 Å². The molecule has 4 aliphatic rings. The van der Waals surface area contributed by atoms with E-state index in [4.69, 9.17) is 34.3 Å². The normalized spacial score (nSPS) is 19.9. The number of hydrogen-bond acceptors (Lipinski definition) is 14. The van der Waals surface area contributed by atoms with Gasteiger partial charge in [-0.15, -0.1) is 35.6 Å². The number of Topliss-reactive ketones (excluding diaryl/α,β-unsaturated/α-hetero) is 1. The number of aliphatic imine (C=N–C) groups is 1. The molecule has 0 spiro atoms. The second kappa shape index (κ2) is 27.1. The van der Waals surface area contributed by atoms with Crippen LogP contribution in [0.4, 0.5) is 31.5 Å². The predicted molar refractivity (Wildman–Crippen MR) is 310 cm³/mol. The third-order valence-corrected chi connectivity index (χ3v) is 15.2. The van der Waals surface area contributed by atoms with Crippen LogP contribution in [-0.4, -0.2) is 115 Å². The summed E-state index contributed by atoms with van der Waals surface area (Å²) in [5.74, 6) is -4.87. The summed E-state index contributed by atoms with van der Waals surface area (Å²) >= 11 is 8.57. The van der Waals surface area contributed by atoms with Gasteiger partial charge in [0, 0.05) is 18.7 Å². The van der Waals surface area contributed by atoms with Gasteiger partial charge in [0.05, 0.1) is 46.5 Å². The predicted octanol–water partition coefficient (Wildman–Crippen LogP) is 12.2. The monoisotopic (exact) mass is 1330 g/mol. The van der Waals surface area contributed by atoms with Crippen LogP contribution < -0.4 is 25.2 Å².